The van der Waals surface area contributed by atoms with Gasteiger partial charge < -0.3 is 10.6 Å². The summed E-state index contributed by atoms with van der Waals surface area (Å²) in [6, 6.07) is 1.98. The van der Waals surface area contributed by atoms with Crippen LogP contribution in [0.4, 0.5) is 0 Å². The molecule has 0 radical (unpaired) electrons. The molecule has 3 rings (SSSR count). The van der Waals surface area contributed by atoms with E-state index in [-0.39, 0.29) is 11.9 Å². The molecule has 2 fully saturated rings. The topological polar surface area (TPSA) is 72.1 Å². The smallest absolute Gasteiger partial charge is 0.255 e. The Kier molecular flexibility index (Phi) is 2.99. The van der Waals surface area contributed by atoms with E-state index >= 15 is 0 Å². The van der Waals surface area contributed by atoms with E-state index in [2.05, 4.69) is 10.2 Å². The van der Waals surface area contributed by atoms with Gasteiger partial charge in [0, 0.05) is 19.1 Å². The van der Waals surface area contributed by atoms with Crippen LogP contribution in [0.1, 0.15) is 29.6 Å². The Labute approximate surface area is 106 Å². The summed E-state index contributed by atoms with van der Waals surface area (Å²) < 4.78 is 0. The highest BCUT2D eigenvalue weighted by atomic mass is 16.2. The molecule has 0 bridgehead atoms. The molecule has 1 aromatic heterocycles. The minimum absolute atomic E-state index is 0.0616. The number of amides is 1. The molecule has 0 aromatic carbocycles. The zero-order valence-electron chi connectivity index (χ0n) is 10.3. The fraction of sp³-hybridized carbons (Fsp3) is 0.615. The predicted octanol–water partition coefficient (Wildman–Crippen LogP) is 0.676. The van der Waals surface area contributed by atoms with Crippen molar-refractivity contribution in [3.8, 4) is 0 Å². The van der Waals surface area contributed by atoms with E-state index in [0.29, 0.717) is 17.4 Å². The third-order valence-corrected chi connectivity index (χ3v) is 4.27. The molecule has 2 N–H and O–H groups in total. The van der Waals surface area contributed by atoms with Gasteiger partial charge in [0.2, 0.25) is 0 Å². The van der Waals surface area contributed by atoms with E-state index in [9.17, 15) is 4.79 Å². The molecule has 5 heteroatoms. The molecule has 1 amide bonds. The molecule has 2 aliphatic rings. The Morgan fingerprint density at radius 3 is 2.94 bits per heavy atom. The van der Waals surface area contributed by atoms with Crippen molar-refractivity contribution in [2.75, 3.05) is 13.1 Å². The number of hydrogen-bond acceptors (Lipinski definition) is 4. The largest absolute Gasteiger partial charge is 0.338 e. The Morgan fingerprint density at radius 1 is 1.33 bits per heavy atom. The Bertz CT molecular complexity index is 436. The summed E-state index contributed by atoms with van der Waals surface area (Å²) in [5.74, 6) is 1.14. The molecule has 3 unspecified atom stereocenters. The number of carbonyl (C=O) groups is 1. The van der Waals surface area contributed by atoms with Crippen molar-refractivity contribution in [2.45, 2.75) is 25.3 Å². The van der Waals surface area contributed by atoms with Crippen LogP contribution in [0.3, 0.4) is 0 Å². The van der Waals surface area contributed by atoms with Crippen LogP contribution in [0.15, 0.2) is 18.5 Å². The van der Waals surface area contributed by atoms with Crippen molar-refractivity contribution in [3.05, 3.63) is 24.0 Å². The van der Waals surface area contributed by atoms with Gasteiger partial charge in [-0.05, 0) is 30.7 Å². The lowest BCUT2D eigenvalue weighted by molar-refractivity contribution is 0.0783. The molecule has 1 saturated carbocycles. The maximum atomic E-state index is 12.3. The van der Waals surface area contributed by atoms with Gasteiger partial charge in [-0.1, -0.05) is 6.42 Å². The van der Waals surface area contributed by atoms with E-state index < -0.39 is 0 Å². The van der Waals surface area contributed by atoms with Crippen molar-refractivity contribution in [1.82, 2.24) is 15.1 Å². The second-order valence-corrected chi connectivity index (χ2v) is 5.36. The van der Waals surface area contributed by atoms with Crippen molar-refractivity contribution in [2.24, 2.45) is 17.6 Å². The highest BCUT2D eigenvalue weighted by Crippen LogP contribution is 2.35. The van der Waals surface area contributed by atoms with Crippen LogP contribution < -0.4 is 5.73 Å². The molecule has 1 aliphatic heterocycles. The second kappa shape index (κ2) is 4.65. The molecular formula is C13H18N4O. The fourth-order valence-electron chi connectivity index (χ4n) is 3.28. The van der Waals surface area contributed by atoms with Gasteiger partial charge in [-0.2, -0.15) is 10.2 Å². The first-order valence-electron chi connectivity index (χ1n) is 6.57. The average Bonchev–Trinajstić information content (AvgIpc) is 2.84. The van der Waals surface area contributed by atoms with Gasteiger partial charge in [0.25, 0.3) is 5.91 Å². The second-order valence-electron chi connectivity index (χ2n) is 5.36. The third kappa shape index (κ3) is 1.99. The van der Waals surface area contributed by atoms with Crippen LogP contribution >= 0.6 is 0 Å². The minimum Gasteiger partial charge on any atom is -0.338 e. The Balaban J connectivity index is 1.74. The zero-order chi connectivity index (χ0) is 12.5. The molecule has 18 heavy (non-hydrogen) atoms. The van der Waals surface area contributed by atoms with Crippen LogP contribution in [-0.2, 0) is 0 Å². The van der Waals surface area contributed by atoms with Crippen molar-refractivity contribution in [3.63, 3.8) is 0 Å². The number of aromatic nitrogens is 2. The standard InChI is InChI=1S/C13H18N4O/c14-12-3-1-2-10-7-17(8-11(10)12)13(18)9-4-5-15-16-6-9/h4-6,10-12H,1-3,7-8,14H2. The van der Waals surface area contributed by atoms with Gasteiger partial charge in [0.15, 0.2) is 0 Å². The average molecular weight is 246 g/mol. The first-order valence-corrected chi connectivity index (χ1v) is 6.57. The van der Waals surface area contributed by atoms with Crippen LogP contribution in [0, 0.1) is 11.8 Å². The SMILES string of the molecule is NC1CCCC2CN(C(=O)c3ccnnc3)CC12. The van der Waals surface area contributed by atoms with Crippen LogP contribution in [0.25, 0.3) is 0 Å². The van der Waals surface area contributed by atoms with E-state index in [1.165, 1.54) is 19.0 Å². The number of nitrogens with zero attached hydrogens (tertiary/aromatic N) is 3. The zero-order valence-corrected chi connectivity index (χ0v) is 10.3. The van der Waals surface area contributed by atoms with Gasteiger partial charge >= 0.3 is 0 Å². The van der Waals surface area contributed by atoms with Gasteiger partial charge in [-0.25, -0.2) is 0 Å². The number of rotatable bonds is 1. The molecule has 96 valence electrons. The number of nitrogens with two attached hydrogens (primary N) is 1. The van der Waals surface area contributed by atoms with Gasteiger partial charge in [0.05, 0.1) is 18.0 Å². The van der Waals surface area contributed by atoms with Crippen LogP contribution in [0.5, 0.6) is 0 Å². The molecule has 3 atom stereocenters. The minimum atomic E-state index is 0.0616. The molecular weight excluding hydrogens is 228 g/mol. The summed E-state index contributed by atoms with van der Waals surface area (Å²) in [4.78, 5) is 14.2. The number of fused-ring (bicyclic) bond motifs is 1. The Hall–Kier alpha value is -1.49. The summed E-state index contributed by atoms with van der Waals surface area (Å²) in [5.41, 5.74) is 6.78. The molecule has 2 heterocycles. The van der Waals surface area contributed by atoms with E-state index in [1.807, 2.05) is 4.90 Å². The summed E-state index contributed by atoms with van der Waals surface area (Å²) in [6.07, 6.45) is 6.59. The van der Waals surface area contributed by atoms with E-state index in [1.54, 1.807) is 12.3 Å². The van der Waals surface area contributed by atoms with Gasteiger partial charge in [0.1, 0.15) is 0 Å². The van der Waals surface area contributed by atoms with E-state index in [0.717, 1.165) is 19.5 Å². The molecule has 1 saturated heterocycles. The van der Waals surface area contributed by atoms with Crippen LogP contribution in [0.2, 0.25) is 0 Å². The normalized spacial score (nSPS) is 31.2. The molecule has 5 nitrogen and oxygen atoms in total. The molecule has 1 aromatic rings. The Morgan fingerprint density at radius 2 is 2.22 bits per heavy atom. The first-order chi connectivity index (χ1) is 8.75. The number of likely N-dealkylation sites (tertiary alicyclic amines) is 1. The summed E-state index contributed by atoms with van der Waals surface area (Å²) >= 11 is 0. The highest BCUT2D eigenvalue weighted by molar-refractivity contribution is 5.94. The lowest BCUT2D eigenvalue weighted by atomic mass is 9.78. The maximum absolute atomic E-state index is 12.3. The lowest BCUT2D eigenvalue weighted by Gasteiger charge is -2.29. The molecule has 1 aliphatic carbocycles. The lowest BCUT2D eigenvalue weighted by Crippen LogP contribution is -2.38. The van der Waals surface area contributed by atoms with Crippen molar-refractivity contribution in [1.29, 1.82) is 0 Å². The number of carbonyl (C=O) groups excluding carboxylic acids is 1. The predicted molar refractivity (Wildman–Crippen MR) is 66.7 cm³/mol. The third-order valence-electron chi connectivity index (χ3n) is 4.27. The highest BCUT2D eigenvalue weighted by Gasteiger charge is 2.40. The summed E-state index contributed by atoms with van der Waals surface area (Å²) in [5, 5.41) is 7.46. The van der Waals surface area contributed by atoms with E-state index in [4.69, 9.17) is 5.73 Å². The van der Waals surface area contributed by atoms with Crippen molar-refractivity contribution >= 4 is 5.91 Å². The summed E-state index contributed by atoms with van der Waals surface area (Å²) in [7, 11) is 0. The van der Waals surface area contributed by atoms with Crippen LogP contribution in [-0.4, -0.2) is 40.1 Å². The van der Waals surface area contributed by atoms with Gasteiger partial charge in [-0.3, -0.25) is 4.79 Å². The number of hydrogen-bond donors (Lipinski definition) is 1. The van der Waals surface area contributed by atoms with Gasteiger partial charge in [-0.15, -0.1) is 0 Å². The quantitative estimate of drug-likeness (QED) is 0.790. The van der Waals surface area contributed by atoms with Crippen molar-refractivity contribution < 1.29 is 4.79 Å². The maximum Gasteiger partial charge on any atom is 0.255 e. The summed E-state index contributed by atoms with van der Waals surface area (Å²) in [6.45, 7) is 1.65. The first kappa shape index (κ1) is 11.6. The fourth-order valence-corrected chi connectivity index (χ4v) is 3.28. The molecule has 0 spiro atoms. The monoisotopic (exact) mass is 246 g/mol.